The summed E-state index contributed by atoms with van der Waals surface area (Å²) in [5.41, 5.74) is -1.04. The molecule has 0 saturated heterocycles. The summed E-state index contributed by atoms with van der Waals surface area (Å²) in [5.74, 6) is 5.26. The molecule has 0 aliphatic rings. The molecule has 2 heterocycles. The van der Waals surface area contributed by atoms with E-state index in [0.717, 1.165) is 12.1 Å². The number of alkyl halides is 3. The van der Waals surface area contributed by atoms with Gasteiger partial charge in [-0.15, -0.1) is 11.3 Å². The van der Waals surface area contributed by atoms with Crippen LogP contribution in [0.1, 0.15) is 21.9 Å². The van der Waals surface area contributed by atoms with Crippen LogP contribution in [0.2, 0.25) is 0 Å². The number of rotatable bonds is 4. The third kappa shape index (κ3) is 4.06. The van der Waals surface area contributed by atoms with Crippen molar-refractivity contribution in [2.75, 3.05) is 0 Å². The van der Waals surface area contributed by atoms with E-state index in [9.17, 15) is 23.1 Å². The minimum Gasteiger partial charge on any atom is -0.507 e. The number of hydrogen-bond donors (Lipinski definition) is 2. The Morgan fingerprint density at radius 3 is 2.75 bits per heavy atom. The van der Waals surface area contributed by atoms with Crippen LogP contribution in [-0.2, 0) is 12.6 Å². The number of hydrogen-bond acceptors (Lipinski definition) is 7. The maximum atomic E-state index is 12.9. The number of thiazole rings is 1. The molecule has 0 spiro atoms. The average Bonchev–Trinajstić information content (AvgIpc) is 3.08. The van der Waals surface area contributed by atoms with E-state index < -0.39 is 17.4 Å². The van der Waals surface area contributed by atoms with Gasteiger partial charge in [-0.3, -0.25) is 0 Å². The number of halogens is 3. The van der Waals surface area contributed by atoms with Crippen LogP contribution in [0.4, 0.5) is 13.2 Å². The second-order valence-electron chi connectivity index (χ2n) is 5.86. The molecule has 0 amide bonds. The van der Waals surface area contributed by atoms with Gasteiger partial charge in [0, 0.05) is 23.4 Å². The molecule has 0 fully saturated rings. The fraction of sp³-hybridized carbons (Fsp3) is 0.167. The lowest BCUT2D eigenvalue weighted by Crippen LogP contribution is -2.19. The van der Waals surface area contributed by atoms with E-state index in [4.69, 9.17) is 10.3 Å². The molecular formula is C18H14F3N3O3S. The highest BCUT2D eigenvalue weighted by atomic mass is 32.1. The van der Waals surface area contributed by atoms with Crippen LogP contribution in [-0.4, -0.2) is 15.8 Å². The van der Waals surface area contributed by atoms with E-state index in [1.165, 1.54) is 36.5 Å². The molecule has 10 heteroatoms. The molecular weight excluding hydrogens is 395 g/mol. The number of nitrogens with zero attached hydrogens (tertiary/aromatic N) is 2. The van der Waals surface area contributed by atoms with Crippen LogP contribution in [0.3, 0.4) is 0 Å². The normalized spacial score (nSPS) is 12.4. The summed E-state index contributed by atoms with van der Waals surface area (Å²) in [5, 5.41) is 15.6. The van der Waals surface area contributed by atoms with Crippen LogP contribution in [0.15, 0.2) is 50.0 Å². The Bertz CT molecular complexity index is 1100. The number of aromatic nitrogens is 1. The Kier molecular flexibility index (Phi) is 5.23. The maximum Gasteiger partial charge on any atom is 0.416 e. The standard InChI is InChI=1S/C18H14F3N3O3S/c1-9-5-14(25)16(17(26)27-9)12(24-22)7-15-23-13(8-28-15)10-3-2-4-11(6-10)18(19,20)21/h2-6,8,25H,7,22H2,1H3. The fourth-order valence-electron chi connectivity index (χ4n) is 2.58. The number of hydrazone groups is 1. The molecule has 6 nitrogen and oxygen atoms in total. The van der Waals surface area contributed by atoms with Crippen LogP contribution in [0.5, 0.6) is 5.75 Å². The molecule has 3 aromatic rings. The minimum atomic E-state index is -4.45. The molecule has 0 aliphatic heterocycles. The van der Waals surface area contributed by atoms with Gasteiger partial charge in [-0.05, 0) is 19.1 Å². The van der Waals surface area contributed by atoms with Crippen molar-refractivity contribution in [2.45, 2.75) is 19.5 Å². The summed E-state index contributed by atoms with van der Waals surface area (Å²) < 4.78 is 43.6. The van der Waals surface area contributed by atoms with Crippen LogP contribution >= 0.6 is 11.3 Å². The zero-order chi connectivity index (χ0) is 20.5. The predicted molar refractivity (Wildman–Crippen MR) is 98.4 cm³/mol. The lowest BCUT2D eigenvalue weighted by atomic mass is 10.1. The smallest absolute Gasteiger partial charge is 0.416 e. The van der Waals surface area contributed by atoms with Crippen molar-refractivity contribution in [3.8, 4) is 17.0 Å². The van der Waals surface area contributed by atoms with Gasteiger partial charge < -0.3 is 15.4 Å². The Morgan fingerprint density at radius 2 is 2.11 bits per heavy atom. The second kappa shape index (κ2) is 7.47. The SMILES string of the molecule is Cc1cc(O)c(C(Cc2nc(-c3cccc(C(F)(F)F)c3)cs2)=NN)c(=O)o1. The monoisotopic (exact) mass is 409 g/mol. The number of aromatic hydroxyl groups is 1. The molecule has 0 saturated carbocycles. The molecule has 0 bridgehead atoms. The summed E-state index contributed by atoms with van der Waals surface area (Å²) in [6.45, 7) is 1.51. The predicted octanol–water partition coefficient (Wildman–Crippen LogP) is 3.70. The van der Waals surface area contributed by atoms with E-state index in [2.05, 4.69) is 10.1 Å². The highest BCUT2D eigenvalue weighted by molar-refractivity contribution is 7.10. The first kappa shape index (κ1) is 19.6. The van der Waals surface area contributed by atoms with E-state index in [-0.39, 0.29) is 29.2 Å². The number of nitrogens with two attached hydrogens (primary N) is 1. The summed E-state index contributed by atoms with van der Waals surface area (Å²) in [4.78, 5) is 16.3. The van der Waals surface area contributed by atoms with Gasteiger partial charge in [0.1, 0.15) is 17.1 Å². The number of benzene rings is 1. The highest BCUT2D eigenvalue weighted by Gasteiger charge is 2.30. The number of aryl methyl sites for hydroxylation is 1. The molecule has 0 aliphatic carbocycles. The van der Waals surface area contributed by atoms with Crippen molar-refractivity contribution in [3.63, 3.8) is 0 Å². The minimum absolute atomic E-state index is 0.00150. The molecule has 28 heavy (non-hydrogen) atoms. The molecule has 0 radical (unpaired) electrons. The Hall–Kier alpha value is -3.14. The lowest BCUT2D eigenvalue weighted by Gasteiger charge is -2.07. The van der Waals surface area contributed by atoms with E-state index in [1.807, 2.05) is 0 Å². The molecule has 2 aromatic heterocycles. The quantitative estimate of drug-likeness (QED) is 0.389. The zero-order valence-electron chi connectivity index (χ0n) is 14.4. The van der Waals surface area contributed by atoms with Crippen molar-refractivity contribution in [1.82, 2.24) is 4.98 Å². The van der Waals surface area contributed by atoms with Crippen molar-refractivity contribution in [3.05, 3.63) is 68.0 Å². The molecule has 3 N–H and O–H groups in total. The van der Waals surface area contributed by atoms with Crippen molar-refractivity contribution in [1.29, 1.82) is 0 Å². The van der Waals surface area contributed by atoms with Gasteiger partial charge in [0.05, 0.1) is 22.0 Å². The van der Waals surface area contributed by atoms with E-state index in [0.29, 0.717) is 16.3 Å². The fourth-order valence-corrected chi connectivity index (χ4v) is 3.39. The molecule has 0 unspecified atom stereocenters. The topological polar surface area (TPSA) is 102 Å². The summed E-state index contributed by atoms with van der Waals surface area (Å²) >= 11 is 1.17. The summed E-state index contributed by atoms with van der Waals surface area (Å²) in [7, 11) is 0. The van der Waals surface area contributed by atoms with Crippen LogP contribution in [0.25, 0.3) is 11.3 Å². The third-order valence-electron chi connectivity index (χ3n) is 3.85. The molecule has 1 aromatic carbocycles. The summed E-state index contributed by atoms with van der Waals surface area (Å²) in [6, 6.07) is 6.08. The van der Waals surface area contributed by atoms with Crippen molar-refractivity contribution < 1.29 is 22.7 Å². The van der Waals surface area contributed by atoms with Gasteiger partial charge in [-0.2, -0.15) is 18.3 Å². The van der Waals surface area contributed by atoms with Gasteiger partial charge in [0.2, 0.25) is 0 Å². The zero-order valence-corrected chi connectivity index (χ0v) is 15.3. The van der Waals surface area contributed by atoms with Crippen LogP contribution in [0, 0.1) is 6.92 Å². The van der Waals surface area contributed by atoms with Crippen LogP contribution < -0.4 is 11.5 Å². The van der Waals surface area contributed by atoms with Crippen molar-refractivity contribution in [2.24, 2.45) is 10.9 Å². The van der Waals surface area contributed by atoms with E-state index >= 15 is 0 Å². The molecule has 3 rings (SSSR count). The van der Waals surface area contributed by atoms with E-state index in [1.54, 1.807) is 5.38 Å². The first-order valence-electron chi connectivity index (χ1n) is 7.92. The highest BCUT2D eigenvalue weighted by Crippen LogP contribution is 2.32. The molecule has 146 valence electrons. The maximum absolute atomic E-state index is 12.9. The van der Waals surface area contributed by atoms with Gasteiger partial charge in [0.25, 0.3) is 0 Å². The second-order valence-corrected chi connectivity index (χ2v) is 6.81. The van der Waals surface area contributed by atoms with Gasteiger partial charge >= 0.3 is 11.8 Å². The average molecular weight is 409 g/mol. The Balaban J connectivity index is 1.90. The van der Waals surface area contributed by atoms with Gasteiger partial charge in [0.15, 0.2) is 0 Å². The largest absolute Gasteiger partial charge is 0.507 e. The third-order valence-corrected chi connectivity index (χ3v) is 4.70. The summed E-state index contributed by atoms with van der Waals surface area (Å²) in [6.07, 6.45) is -4.45. The van der Waals surface area contributed by atoms with Gasteiger partial charge in [-0.1, -0.05) is 12.1 Å². The first-order valence-corrected chi connectivity index (χ1v) is 8.80. The first-order chi connectivity index (χ1) is 13.2. The molecule has 0 atom stereocenters. The lowest BCUT2D eigenvalue weighted by molar-refractivity contribution is -0.137. The van der Waals surface area contributed by atoms with Gasteiger partial charge in [-0.25, -0.2) is 9.78 Å². The Morgan fingerprint density at radius 1 is 1.36 bits per heavy atom. The van der Waals surface area contributed by atoms with Crippen molar-refractivity contribution >= 4 is 17.0 Å². The Labute approximate surface area is 160 Å².